The fraction of sp³-hybridized carbons (Fsp3) is 0.267. The van der Waals surface area contributed by atoms with Gasteiger partial charge >= 0.3 is 5.97 Å². The predicted octanol–water partition coefficient (Wildman–Crippen LogP) is 2.05. The number of para-hydroxylation sites is 1. The molecule has 0 unspecified atom stereocenters. The van der Waals surface area contributed by atoms with Crippen molar-refractivity contribution in [1.82, 2.24) is 9.97 Å². The molecule has 3 rings (SSSR count). The van der Waals surface area contributed by atoms with Crippen LogP contribution in [-0.2, 0) is 4.79 Å². The van der Waals surface area contributed by atoms with Crippen LogP contribution in [0.3, 0.4) is 0 Å². The van der Waals surface area contributed by atoms with Crippen LogP contribution in [0.2, 0.25) is 0 Å². The molecule has 0 radical (unpaired) electrons. The smallest absolute Gasteiger partial charge is 0.310 e. The fourth-order valence-corrected chi connectivity index (χ4v) is 2.27. The molecule has 0 bridgehead atoms. The Morgan fingerprint density at radius 2 is 2.00 bits per heavy atom. The Hall–Kier alpha value is -2.63. The molecule has 2 heterocycles. The van der Waals surface area contributed by atoms with Gasteiger partial charge in [-0.05, 0) is 19.1 Å². The SMILES string of the molecule is Cc1nc(Nc2ccccc2)cc(N2CC(C(=O)O)C2)n1. The number of carboxylic acids is 1. The van der Waals surface area contributed by atoms with Crippen molar-refractivity contribution in [2.24, 2.45) is 5.92 Å². The molecule has 2 N–H and O–H groups in total. The van der Waals surface area contributed by atoms with Crippen LogP contribution in [0.1, 0.15) is 5.82 Å². The van der Waals surface area contributed by atoms with E-state index in [-0.39, 0.29) is 5.92 Å². The van der Waals surface area contributed by atoms with E-state index in [0.29, 0.717) is 24.7 Å². The van der Waals surface area contributed by atoms with Crippen LogP contribution in [0.5, 0.6) is 0 Å². The van der Waals surface area contributed by atoms with Crippen molar-refractivity contribution in [3.05, 3.63) is 42.2 Å². The Bertz CT molecular complexity index is 654. The Morgan fingerprint density at radius 3 is 2.67 bits per heavy atom. The van der Waals surface area contributed by atoms with Crippen molar-refractivity contribution >= 4 is 23.3 Å². The topological polar surface area (TPSA) is 78.4 Å². The molecule has 0 amide bonds. The first-order valence-corrected chi connectivity index (χ1v) is 6.77. The number of aliphatic carboxylic acids is 1. The lowest BCUT2D eigenvalue weighted by atomic mass is 10.0. The van der Waals surface area contributed by atoms with Gasteiger partial charge in [0.2, 0.25) is 0 Å². The number of rotatable bonds is 4. The van der Waals surface area contributed by atoms with Crippen LogP contribution in [0, 0.1) is 12.8 Å². The standard InChI is InChI=1S/C15H16N4O2/c1-10-16-13(18-12-5-3-2-4-6-12)7-14(17-10)19-8-11(9-19)15(20)21/h2-7,11H,8-9H2,1H3,(H,20,21)(H,16,17,18). The largest absolute Gasteiger partial charge is 0.481 e. The minimum atomic E-state index is -0.750. The first-order chi connectivity index (χ1) is 10.1. The maximum absolute atomic E-state index is 10.9. The molecule has 2 aromatic rings. The van der Waals surface area contributed by atoms with E-state index in [1.54, 1.807) is 0 Å². The Balaban J connectivity index is 1.76. The monoisotopic (exact) mass is 284 g/mol. The second-order valence-electron chi connectivity index (χ2n) is 5.09. The molecule has 21 heavy (non-hydrogen) atoms. The molecule has 6 nitrogen and oxygen atoms in total. The Labute approximate surface area is 122 Å². The number of carboxylic acid groups (broad SMARTS) is 1. The molecule has 1 aliphatic heterocycles. The van der Waals surface area contributed by atoms with E-state index in [0.717, 1.165) is 11.5 Å². The van der Waals surface area contributed by atoms with Crippen LogP contribution >= 0.6 is 0 Å². The zero-order valence-corrected chi connectivity index (χ0v) is 11.7. The summed E-state index contributed by atoms with van der Waals surface area (Å²) in [5.41, 5.74) is 0.952. The van der Waals surface area contributed by atoms with Crippen molar-refractivity contribution < 1.29 is 9.90 Å². The second-order valence-corrected chi connectivity index (χ2v) is 5.09. The minimum Gasteiger partial charge on any atom is -0.481 e. The molecule has 1 fully saturated rings. The van der Waals surface area contributed by atoms with Crippen LogP contribution in [0.25, 0.3) is 0 Å². The molecule has 6 heteroatoms. The highest BCUT2D eigenvalue weighted by atomic mass is 16.4. The third-order valence-electron chi connectivity index (χ3n) is 3.43. The second kappa shape index (κ2) is 5.40. The molecule has 0 aliphatic carbocycles. The first kappa shape index (κ1) is 13.4. The maximum atomic E-state index is 10.9. The van der Waals surface area contributed by atoms with Gasteiger partial charge in [0, 0.05) is 24.8 Å². The summed E-state index contributed by atoms with van der Waals surface area (Å²) < 4.78 is 0. The molecule has 108 valence electrons. The van der Waals surface area contributed by atoms with E-state index >= 15 is 0 Å². The lowest BCUT2D eigenvalue weighted by Crippen LogP contribution is -2.50. The number of carbonyl (C=O) groups is 1. The summed E-state index contributed by atoms with van der Waals surface area (Å²) in [6, 6.07) is 11.6. The van der Waals surface area contributed by atoms with Crippen molar-refractivity contribution in [3.8, 4) is 0 Å². The van der Waals surface area contributed by atoms with Gasteiger partial charge in [0.15, 0.2) is 0 Å². The highest BCUT2D eigenvalue weighted by Gasteiger charge is 2.33. The summed E-state index contributed by atoms with van der Waals surface area (Å²) in [6.07, 6.45) is 0. The van der Waals surface area contributed by atoms with Crippen LogP contribution in [-0.4, -0.2) is 34.1 Å². The molecular formula is C15H16N4O2. The number of benzene rings is 1. The van der Waals surface area contributed by atoms with E-state index < -0.39 is 5.97 Å². The van der Waals surface area contributed by atoms with Crippen LogP contribution in [0.15, 0.2) is 36.4 Å². The molecule has 0 atom stereocenters. The van der Waals surface area contributed by atoms with E-state index in [2.05, 4.69) is 15.3 Å². The van der Waals surface area contributed by atoms with Crippen LogP contribution in [0.4, 0.5) is 17.3 Å². The van der Waals surface area contributed by atoms with Gasteiger partial charge in [-0.15, -0.1) is 0 Å². The summed E-state index contributed by atoms with van der Waals surface area (Å²) >= 11 is 0. The van der Waals surface area contributed by atoms with Gasteiger partial charge in [-0.2, -0.15) is 0 Å². The fourth-order valence-electron chi connectivity index (χ4n) is 2.27. The number of hydrogen-bond donors (Lipinski definition) is 2. The van der Waals surface area contributed by atoms with Gasteiger partial charge in [0.1, 0.15) is 17.5 Å². The van der Waals surface area contributed by atoms with E-state index in [9.17, 15) is 4.79 Å². The number of aryl methyl sites for hydroxylation is 1. The summed E-state index contributed by atoms with van der Waals surface area (Å²) in [7, 11) is 0. The summed E-state index contributed by atoms with van der Waals surface area (Å²) in [4.78, 5) is 21.5. The Morgan fingerprint density at radius 1 is 1.29 bits per heavy atom. The van der Waals surface area contributed by atoms with Gasteiger partial charge in [-0.25, -0.2) is 9.97 Å². The number of nitrogens with one attached hydrogen (secondary N) is 1. The van der Waals surface area contributed by atoms with Crippen molar-refractivity contribution in [3.63, 3.8) is 0 Å². The van der Waals surface area contributed by atoms with Gasteiger partial charge in [-0.1, -0.05) is 18.2 Å². The van der Waals surface area contributed by atoms with E-state index in [1.807, 2.05) is 48.2 Å². The van der Waals surface area contributed by atoms with Gasteiger partial charge in [0.25, 0.3) is 0 Å². The summed E-state index contributed by atoms with van der Waals surface area (Å²) in [6.45, 7) is 2.82. The molecule has 1 aromatic carbocycles. The van der Waals surface area contributed by atoms with E-state index in [4.69, 9.17) is 5.11 Å². The highest BCUT2D eigenvalue weighted by molar-refractivity contribution is 5.74. The lowest BCUT2D eigenvalue weighted by Gasteiger charge is -2.37. The predicted molar refractivity (Wildman–Crippen MR) is 79.8 cm³/mol. The number of hydrogen-bond acceptors (Lipinski definition) is 5. The highest BCUT2D eigenvalue weighted by Crippen LogP contribution is 2.25. The lowest BCUT2D eigenvalue weighted by molar-refractivity contribution is -0.142. The molecule has 1 aromatic heterocycles. The minimum absolute atomic E-state index is 0.300. The molecule has 1 saturated heterocycles. The van der Waals surface area contributed by atoms with Gasteiger partial charge < -0.3 is 15.3 Å². The zero-order valence-electron chi connectivity index (χ0n) is 11.7. The molecule has 0 spiro atoms. The number of aromatic nitrogens is 2. The zero-order chi connectivity index (χ0) is 14.8. The van der Waals surface area contributed by atoms with E-state index in [1.165, 1.54) is 0 Å². The molecule has 1 aliphatic rings. The van der Waals surface area contributed by atoms with Gasteiger partial charge in [-0.3, -0.25) is 4.79 Å². The average Bonchev–Trinajstić information content (AvgIpc) is 2.37. The first-order valence-electron chi connectivity index (χ1n) is 6.77. The van der Waals surface area contributed by atoms with Crippen LogP contribution < -0.4 is 10.2 Å². The third-order valence-corrected chi connectivity index (χ3v) is 3.43. The summed E-state index contributed by atoms with van der Waals surface area (Å²) in [5.74, 6) is 1.08. The third kappa shape index (κ3) is 2.94. The van der Waals surface area contributed by atoms with Crippen molar-refractivity contribution in [2.75, 3.05) is 23.3 Å². The maximum Gasteiger partial charge on any atom is 0.310 e. The molecular weight excluding hydrogens is 268 g/mol. The number of anilines is 3. The Kier molecular flexibility index (Phi) is 3.43. The van der Waals surface area contributed by atoms with Crippen molar-refractivity contribution in [1.29, 1.82) is 0 Å². The normalized spacial score (nSPS) is 14.6. The van der Waals surface area contributed by atoms with Crippen molar-refractivity contribution in [2.45, 2.75) is 6.92 Å². The quantitative estimate of drug-likeness (QED) is 0.894. The van der Waals surface area contributed by atoms with Gasteiger partial charge in [0.05, 0.1) is 5.92 Å². The average molecular weight is 284 g/mol. The molecule has 0 saturated carbocycles. The number of nitrogens with zero attached hydrogens (tertiary/aromatic N) is 3. The summed E-state index contributed by atoms with van der Waals surface area (Å²) in [5, 5.41) is 12.2.